The average Bonchev–Trinajstić information content (AvgIpc) is 2.29. The standard InChI is InChI=1S/C11H9NO3/c1-14-11(13)15-10-7-6-8-4-2-3-5-9(8)12-10/h2-7H,1H3. The summed E-state index contributed by atoms with van der Waals surface area (Å²) < 4.78 is 9.16. The molecule has 2 aromatic rings. The van der Waals surface area contributed by atoms with Crippen molar-refractivity contribution in [2.75, 3.05) is 7.11 Å². The van der Waals surface area contributed by atoms with Crippen LogP contribution in [-0.4, -0.2) is 18.2 Å². The molecule has 0 aliphatic rings. The number of fused-ring (bicyclic) bond motifs is 1. The minimum atomic E-state index is -0.766. The van der Waals surface area contributed by atoms with Gasteiger partial charge in [-0.15, -0.1) is 0 Å². The smallest absolute Gasteiger partial charge is 0.437 e. The molecule has 0 unspecified atom stereocenters. The number of rotatable bonds is 1. The molecule has 15 heavy (non-hydrogen) atoms. The predicted octanol–water partition coefficient (Wildman–Crippen LogP) is 2.38. The van der Waals surface area contributed by atoms with E-state index in [0.29, 0.717) is 0 Å². The van der Waals surface area contributed by atoms with Crippen LogP contribution in [-0.2, 0) is 4.74 Å². The molecule has 1 heterocycles. The van der Waals surface area contributed by atoms with Crippen molar-refractivity contribution >= 4 is 17.1 Å². The third-order valence-corrected chi connectivity index (χ3v) is 1.93. The third kappa shape index (κ3) is 2.04. The van der Waals surface area contributed by atoms with Crippen LogP contribution in [0.15, 0.2) is 36.4 Å². The molecule has 0 bridgehead atoms. The van der Waals surface area contributed by atoms with Crippen LogP contribution in [0.3, 0.4) is 0 Å². The number of carbonyl (C=O) groups is 1. The lowest BCUT2D eigenvalue weighted by atomic mass is 10.2. The van der Waals surface area contributed by atoms with Crippen molar-refractivity contribution in [3.8, 4) is 5.88 Å². The lowest BCUT2D eigenvalue weighted by molar-refractivity contribution is 0.120. The molecule has 0 aliphatic heterocycles. The maximum absolute atomic E-state index is 10.8. The van der Waals surface area contributed by atoms with Gasteiger partial charge in [0, 0.05) is 11.5 Å². The molecule has 0 radical (unpaired) electrons. The molecule has 0 aliphatic carbocycles. The molecular weight excluding hydrogens is 194 g/mol. The van der Waals surface area contributed by atoms with Crippen molar-refractivity contribution in [1.82, 2.24) is 4.98 Å². The number of ether oxygens (including phenoxy) is 2. The Morgan fingerprint density at radius 3 is 2.80 bits per heavy atom. The molecule has 0 saturated heterocycles. The average molecular weight is 203 g/mol. The van der Waals surface area contributed by atoms with Gasteiger partial charge in [0.2, 0.25) is 5.88 Å². The predicted molar refractivity (Wildman–Crippen MR) is 54.8 cm³/mol. The zero-order chi connectivity index (χ0) is 10.7. The van der Waals surface area contributed by atoms with Gasteiger partial charge in [0.05, 0.1) is 12.6 Å². The Hall–Kier alpha value is -2.10. The Bertz CT molecular complexity index is 496. The lowest BCUT2D eigenvalue weighted by Gasteiger charge is -2.02. The number of carbonyl (C=O) groups excluding carboxylic acids is 1. The normalized spacial score (nSPS) is 9.93. The number of nitrogens with zero attached hydrogens (tertiary/aromatic N) is 1. The monoisotopic (exact) mass is 203 g/mol. The van der Waals surface area contributed by atoms with Gasteiger partial charge in [-0.3, -0.25) is 0 Å². The van der Waals surface area contributed by atoms with E-state index in [1.54, 1.807) is 6.07 Å². The fourth-order valence-electron chi connectivity index (χ4n) is 1.23. The highest BCUT2D eigenvalue weighted by Crippen LogP contribution is 2.16. The van der Waals surface area contributed by atoms with Gasteiger partial charge in [-0.25, -0.2) is 9.78 Å². The van der Waals surface area contributed by atoms with Crippen LogP contribution in [0.5, 0.6) is 5.88 Å². The molecular formula is C11H9NO3. The molecule has 0 spiro atoms. The Labute approximate surface area is 86.5 Å². The van der Waals surface area contributed by atoms with Crippen molar-refractivity contribution in [1.29, 1.82) is 0 Å². The van der Waals surface area contributed by atoms with Crippen LogP contribution in [0.25, 0.3) is 10.9 Å². The molecule has 0 atom stereocenters. The van der Waals surface area contributed by atoms with Crippen LogP contribution >= 0.6 is 0 Å². The van der Waals surface area contributed by atoms with Gasteiger partial charge in [0.1, 0.15) is 0 Å². The zero-order valence-electron chi connectivity index (χ0n) is 8.14. The molecule has 76 valence electrons. The van der Waals surface area contributed by atoms with Crippen molar-refractivity contribution < 1.29 is 14.3 Å². The minimum absolute atomic E-state index is 0.237. The highest BCUT2D eigenvalue weighted by Gasteiger charge is 2.04. The van der Waals surface area contributed by atoms with E-state index in [1.807, 2.05) is 30.3 Å². The van der Waals surface area contributed by atoms with Crippen LogP contribution in [0.2, 0.25) is 0 Å². The largest absolute Gasteiger partial charge is 0.514 e. The number of benzene rings is 1. The number of para-hydroxylation sites is 1. The molecule has 4 nitrogen and oxygen atoms in total. The first-order valence-electron chi connectivity index (χ1n) is 4.41. The van der Waals surface area contributed by atoms with Crippen molar-refractivity contribution in [2.45, 2.75) is 0 Å². The summed E-state index contributed by atoms with van der Waals surface area (Å²) in [6.07, 6.45) is -0.766. The summed E-state index contributed by atoms with van der Waals surface area (Å²) in [7, 11) is 1.25. The molecule has 1 aromatic heterocycles. The highest BCUT2D eigenvalue weighted by molar-refractivity contribution is 5.79. The van der Waals surface area contributed by atoms with Crippen LogP contribution < -0.4 is 4.74 Å². The van der Waals surface area contributed by atoms with Gasteiger partial charge in [-0.2, -0.15) is 0 Å². The molecule has 0 amide bonds. The summed E-state index contributed by atoms with van der Waals surface area (Å²) in [4.78, 5) is 15.0. The number of pyridine rings is 1. The van der Waals surface area contributed by atoms with E-state index >= 15 is 0 Å². The van der Waals surface area contributed by atoms with E-state index in [2.05, 4.69) is 9.72 Å². The summed E-state index contributed by atoms with van der Waals surface area (Å²) in [5.74, 6) is 0.237. The van der Waals surface area contributed by atoms with Gasteiger partial charge in [-0.05, 0) is 12.1 Å². The second-order valence-electron chi connectivity index (χ2n) is 2.90. The van der Waals surface area contributed by atoms with Crippen LogP contribution in [0.4, 0.5) is 4.79 Å². The summed E-state index contributed by atoms with van der Waals surface area (Å²) in [5.41, 5.74) is 0.777. The van der Waals surface area contributed by atoms with Crippen LogP contribution in [0, 0.1) is 0 Å². The van der Waals surface area contributed by atoms with Crippen LogP contribution in [0.1, 0.15) is 0 Å². The van der Waals surface area contributed by atoms with Crippen molar-refractivity contribution in [2.24, 2.45) is 0 Å². The van der Waals surface area contributed by atoms with Gasteiger partial charge in [0.25, 0.3) is 0 Å². The van der Waals surface area contributed by atoms with Gasteiger partial charge < -0.3 is 9.47 Å². The number of hydrogen-bond donors (Lipinski definition) is 0. The zero-order valence-corrected chi connectivity index (χ0v) is 8.14. The topological polar surface area (TPSA) is 48.4 Å². The summed E-state index contributed by atoms with van der Waals surface area (Å²) in [5, 5.41) is 0.995. The fraction of sp³-hybridized carbons (Fsp3) is 0.0909. The summed E-state index contributed by atoms with van der Waals surface area (Å²) in [6.45, 7) is 0. The van der Waals surface area contributed by atoms with E-state index in [-0.39, 0.29) is 5.88 Å². The lowest BCUT2D eigenvalue weighted by Crippen LogP contribution is -2.08. The first-order chi connectivity index (χ1) is 7.29. The summed E-state index contributed by atoms with van der Waals surface area (Å²) >= 11 is 0. The second kappa shape index (κ2) is 3.96. The first-order valence-corrected chi connectivity index (χ1v) is 4.41. The molecule has 4 heteroatoms. The van der Waals surface area contributed by atoms with E-state index in [1.165, 1.54) is 7.11 Å². The van der Waals surface area contributed by atoms with Gasteiger partial charge in [-0.1, -0.05) is 18.2 Å². The maximum atomic E-state index is 10.8. The van der Waals surface area contributed by atoms with Crippen molar-refractivity contribution in [3.63, 3.8) is 0 Å². The van der Waals surface area contributed by atoms with Gasteiger partial charge in [0.15, 0.2) is 0 Å². The van der Waals surface area contributed by atoms with Gasteiger partial charge >= 0.3 is 6.16 Å². The number of methoxy groups -OCH3 is 1. The van der Waals surface area contributed by atoms with E-state index in [9.17, 15) is 4.79 Å². The third-order valence-electron chi connectivity index (χ3n) is 1.93. The fourth-order valence-corrected chi connectivity index (χ4v) is 1.23. The highest BCUT2D eigenvalue weighted by atomic mass is 16.7. The van der Waals surface area contributed by atoms with E-state index in [0.717, 1.165) is 10.9 Å². The number of aromatic nitrogens is 1. The van der Waals surface area contributed by atoms with E-state index < -0.39 is 6.16 Å². The molecule has 0 saturated carbocycles. The quantitative estimate of drug-likeness (QED) is 0.667. The van der Waals surface area contributed by atoms with E-state index in [4.69, 9.17) is 4.74 Å². The Morgan fingerprint density at radius 1 is 1.20 bits per heavy atom. The summed E-state index contributed by atoms with van der Waals surface area (Å²) in [6, 6.07) is 11.0. The Kier molecular flexibility index (Phi) is 2.49. The molecule has 0 N–H and O–H groups in total. The van der Waals surface area contributed by atoms with Crippen molar-refractivity contribution in [3.05, 3.63) is 36.4 Å². The molecule has 0 fully saturated rings. The first kappa shape index (κ1) is 9.45. The maximum Gasteiger partial charge on any atom is 0.514 e. The Balaban J connectivity index is 2.34. The SMILES string of the molecule is COC(=O)Oc1ccc2ccccc2n1. The number of hydrogen-bond acceptors (Lipinski definition) is 4. The Morgan fingerprint density at radius 2 is 2.00 bits per heavy atom. The minimum Gasteiger partial charge on any atom is -0.437 e. The molecule has 2 rings (SSSR count). The second-order valence-corrected chi connectivity index (χ2v) is 2.90. The molecule has 1 aromatic carbocycles.